The average molecular weight is 384 g/mol. The van der Waals surface area contributed by atoms with Crippen LogP contribution >= 0.6 is 11.6 Å². The van der Waals surface area contributed by atoms with Crippen LogP contribution in [0.5, 0.6) is 0 Å². The van der Waals surface area contributed by atoms with E-state index in [4.69, 9.17) is 16.3 Å². The first-order valence-electron chi connectivity index (χ1n) is 7.38. The lowest BCUT2D eigenvalue weighted by atomic mass is 10.00. The number of nitrogens with zero attached hydrogens (tertiary/aromatic N) is 1. The topological polar surface area (TPSA) is 97.8 Å². The number of β-lactam (4-membered cyclic amide) rings is 1. The van der Waals surface area contributed by atoms with Gasteiger partial charge in [-0.15, -0.1) is 11.6 Å². The zero-order valence-corrected chi connectivity index (χ0v) is 14.7. The number of hydrogen-bond acceptors (Lipinski definition) is 6. The number of esters is 1. The van der Waals surface area contributed by atoms with Gasteiger partial charge in [0.05, 0.1) is 11.4 Å². The fraction of sp³-hybridized carbons (Fsp3) is 0.312. The molecule has 0 aliphatic carbocycles. The highest BCUT2D eigenvalue weighted by atomic mass is 35.5. The monoisotopic (exact) mass is 383 g/mol. The largest absolute Gasteiger partial charge is 0.461 e. The SMILES string of the molecule is CC(=O)OCC1=C(C(=O)c2ccccc2)N2C(=O)[C@H](Cl)C2S(=O)(=O)C1. The molecule has 0 aromatic heterocycles. The van der Waals surface area contributed by atoms with E-state index >= 15 is 0 Å². The van der Waals surface area contributed by atoms with Crippen LogP contribution in [0.3, 0.4) is 0 Å². The molecule has 1 aromatic rings. The van der Waals surface area contributed by atoms with Crippen LogP contribution in [0, 0.1) is 0 Å². The van der Waals surface area contributed by atoms with Crippen molar-refractivity contribution in [2.75, 3.05) is 12.4 Å². The first kappa shape index (κ1) is 17.6. The van der Waals surface area contributed by atoms with Crippen LogP contribution in [0.2, 0.25) is 0 Å². The molecule has 2 heterocycles. The summed E-state index contributed by atoms with van der Waals surface area (Å²) in [7, 11) is -3.78. The third-order valence-electron chi connectivity index (χ3n) is 4.00. The van der Waals surface area contributed by atoms with Crippen LogP contribution in [0.4, 0.5) is 0 Å². The number of amides is 1. The predicted molar refractivity (Wildman–Crippen MR) is 88.5 cm³/mol. The van der Waals surface area contributed by atoms with Gasteiger partial charge in [0, 0.05) is 18.1 Å². The number of rotatable bonds is 4. The van der Waals surface area contributed by atoms with Crippen LogP contribution in [0.15, 0.2) is 41.6 Å². The summed E-state index contributed by atoms with van der Waals surface area (Å²) >= 11 is 5.86. The Kier molecular flexibility index (Phi) is 4.42. The maximum Gasteiger partial charge on any atom is 0.302 e. The number of carbonyl (C=O) groups is 3. The van der Waals surface area contributed by atoms with Gasteiger partial charge in [-0.3, -0.25) is 19.3 Å². The Morgan fingerprint density at radius 2 is 1.92 bits per heavy atom. The zero-order valence-electron chi connectivity index (χ0n) is 13.1. The van der Waals surface area contributed by atoms with Crippen LogP contribution in [-0.4, -0.2) is 54.1 Å². The lowest BCUT2D eigenvalue weighted by molar-refractivity contribution is -0.140. The quantitative estimate of drug-likeness (QED) is 0.331. The lowest BCUT2D eigenvalue weighted by Crippen LogP contribution is -2.68. The van der Waals surface area contributed by atoms with Gasteiger partial charge in [0.25, 0.3) is 0 Å². The maximum absolute atomic E-state index is 12.9. The van der Waals surface area contributed by atoms with Gasteiger partial charge in [0.15, 0.2) is 15.2 Å². The molecule has 1 fully saturated rings. The van der Waals surface area contributed by atoms with E-state index in [1.54, 1.807) is 30.3 Å². The zero-order chi connectivity index (χ0) is 18.4. The van der Waals surface area contributed by atoms with Gasteiger partial charge in [-0.05, 0) is 0 Å². The Balaban J connectivity index is 2.11. The van der Waals surface area contributed by atoms with Gasteiger partial charge < -0.3 is 4.74 Å². The minimum Gasteiger partial charge on any atom is -0.461 e. The molecular formula is C16H14ClNO6S. The summed E-state index contributed by atoms with van der Waals surface area (Å²) in [6, 6.07) is 8.14. The molecule has 7 nitrogen and oxygen atoms in total. The third-order valence-corrected chi connectivity index (χ3v) is 6.54. The number of carbonyl (C=O) groups excluding carboxylic acids is 3. The minimum absolute atomic E-state index is 0.0669. The summed E-state index contributed by atoms with van der Waals surface area (Å²) in [5.41, 5.74) is 0.285. The van der Waals surface area contributed by atoms with Crippen molar-refractivity contribution in [3.8, 4) is 0 Å². The Morgan fingerprint density at radius 3 is 2.52 bits per heavy atom. The van der Waals surface area contributed by atoms with E-state index in [9.17, 15) is 22.8 Å². The first-order valence-corrected chi connectivity index (χ1v) is 9.53. The van der Waals surface area contributed by atoms with E-state index in [1.165, 1.54) is 6.92 Å². The number of halogens is 1. The number of benzene rings is 1. The molecule has 1 amide bonds. The van der Waals surface area contributed by atoms with Crippen LogP contribution in [-0.2, 0) is 24.2 Å². The number of ether oxygens (including phenoxy) is 1. The number of sulfone groups is 1. The van der Waals surface area contributed by atoms with Crippen molar-refractivity contribution in [3.63, 3.8) is 0 Å². The molecule has 1 unspecified atom stereocenters. The number of allylic oxidation sites excluding steroid dienone is 1. The van der Waals surface area contributed by atoms with Crippen molar-refractivity contribution in [3.05, 3.63) is 47.2 Å². The highest BCUT2D eigenvalue weighted by molar-refractivity contribution is 7.92. The average Bonchev–Trinajstić information content (AvgIpc) is 2.58. The number of ketones is 1. The van der Waals surface area contributed by atoms with Crippen molar-refractivity contribution in [2.45, 2.75) is 17.7 Å². The van der Waals surface area contributed by atoms with E-state index in [1.807, 2.05) is 0 Å². The third kappa shape index (κ3) is 2.96. The molecule has 2 atom stereocenters. The molecule has 1 saturated heterocycles. The second-order valence-electron chi connectivity index (χ2n) is 5.74. The van der Waals surface area contributed by atoms with Gasteiger partial charge in [0.1, 0.15) is 12.0 Å². The summed E-state index contributed by atoms with van der Waals surface area (Å²) in [5, 5.41) is -2.50. The van der Waals surface area contributed by atoms with Gasteiger partial charge >= 0.3 is 5.97 Å². The van der Waals surface area contributed by atoms with Crippen molar-refractivity contribution < 1.29 is 27.5 Å². The molecule has 132 valence electrons. The van der Waals surface area contributed by atoms with Crippen molar-refractivity contribution in [2.24, 2.45) is 0 Å². The summed E-state index contributed by atoms with van der Waals surface area (Å²) in [6.07, 6.45) is 0. The van der Waals surface area contributed by atoms with Crippen molar-refractivity contribution in [1.29, 1.82) is 0 Å². The number of fused-ring (bicyclic) bond motifs is 1. The van der Waals surface area contributed by atoms with Gasteiger partial charge in [-0.1, -0.05) is 30.3 Å². The number of alkyl halides is 1. The molecule has 1 aromatic carbocycles. The van der Waals surface area contributed by atoms with E-state index < -0.39 is 44.0 Å². The van der Waals surface area contributed by atoms with Crippen LogP contribution in [0.25, 0.3) is 0 Å². The molecule has 0 radical (unpaired) electrons. The van der Waals surface area contributed by atoms with Crippen molar-refractivity contribution in [1.82, 2.24) is 4.90 Å². The highest BCUT2D eigenvalue weighted by Crippen LogP contribution is 2.40. The Morgan fingerprint density at radius 1 is 1.28 bits per heavy atom. The van der Waals surface area contributed by atoms with E-state index in [-0.39, 0.29) is 17.9 Å². The molecule has 9 heteroatoms. The van der Waals surface area contributed by atoms with Gasteiger partial charge in [0.2, 0.25) is 11.7 Å². The summed E-state index contributed by atoms with van der Waals surface area (Å²) < 4.78 is 29.7. The Bertz CT molecular complexity index is 892. The molecular weight excluding hydrogens is 370 g/mol. The van der Waals surface area contributed by atoms with Crippen LogP contribution < -0.4 is 0 Å². The molecule has 25 heavy (non-hydrogen) atoms. The van der Waals surface area contributed by atoms with Gasteiger partial charge in [-0.25, -0.2) is 8.42 Å². The van der Waals surface area contributed by atoms with E-state index in [0.717, 1.165) is 4.90 Å². The predicted octanol–water partition coefficient (Wildman–Crippen LogP) is 0.891. The Hall–Kier alpha value is -2.19. The normalized spacial score (nSPS) is 24.4. The molecule has 2 aliphatic heterocycles. The number of hydrogen-bond donors (Lipinski definition) is 0. The second kappa shape index (κ2) is 6.27. The standard InChI is InChI=1S/C16H14ClNO6S/c1-9(19)24-7-11-8-25(22,23)16-12(17)15(21)18(16)13(11)14(20)10-5-3-2-4-6-10/h2-6,12,16H,7-8H2,1H3/t12-,16?/m0/s1. The van der Waals surface area contributed by atoms with Gasteiger partial charge in [-0.2, -0.15) is 0 Å². The Labute approximate surface area is 149 Å². The number of Topliss-reactive ketones (excluding diaryl/α,β-unsaturated/α-hetero) is 1. The highest BCUT2D eigenvalue weighted by Gasteiger charge is 2.59. The summed E-state index contributed by atoms with van der Waals surface area (Å²) in [4.78, 5) is 37.0. The fourth-order valence-electron chi connectivity index (χ4n) is 2.87. The second-order valence-corrected chi connectivity index (χ2v) is 8.30. The smallest absolute Gasteiger partial charge is 0.302 e. The molecule has 0 saturated carbocycles. The molecule has 0 N–H and O–H groups in total. The molecule has 0 bridgehead atoms. The lowest BCUT2D eigenvalue weighted by Gasteiger charge is -2.47. The molecule has 0 spiro atoms. The van der Waals surface area contributed by atoms with E-state index in [0.29, 0.717) is 5.56 Å². The summed E-state index contributed by atoms with van der Waals surface area (Å²) in [5.74, 6) is -2.29. The fourth-order valence-corrected chi connectivity index (χ4v) is 5.45. The summed E-state index contributed by atoms with van der Waals surface area (Å²) in [6.45, 7) is 0.787. The molecule has 3 rings (SSSR count). The van der Waals surface area contributed by atoms with Crippen molar-refractivity contribution >= 4 is 39.1 Å². The van der Waals surface area contributed by atoms with E-state index in [2.05, 4.69) is 0 Å². The molecule has 2 aliphatic rings. The first-order chi connectivity index (χ1) is 11.7. The minimum atomic E-state index is -3.78. The van der Waals surface area contributed by atoms with Crippen LogP contribution in [0.1, 0.15) is 17.3 Å². The maximum atomic E-state index is 12.9.